The van der Waals surface area contributed by atoms with Crippen LogP contribution in [0.2, 0.25) is 0 Å². The fourth-order valence-electron chi connectivity index (χ4n) is 1.89. The first-order valence-corrected chi connectivity index (χ1v) is 5.97. The zero-order valence-corrected chi connectivity index (χ0v) is 11.1. The maximum atomic E-state index is 5.37. The molecule has 1 N–H and O–H groups in total. The normalized spacial score (nSPS) is 12.2. The lowest BCUT2D eigenvalue weighted by atomic mass is 9.97. The molecule has 0 aliphatic carbocycles. The number of nitrogens with zero attached hydrogens (tertiary/aromatic N) is 1. The second-order valence-electron chi connectivity index (χ2n) is 5.60. The van der Waals surface area contributed by atoms with E-state index in [9.17, 15) is 0 Å². The summed E-state index contributed by atoms with van der Waals surface area (Å²) in [7, 11) is 0. The minimum atomic E-state index is 0.233. The fourth-order valence-corrected chi connectivity index (χ4v) is 2.17. The van der Waals surface area contributed by atoms with Crippen molar-refractivity contribution in [2.45, 2.75) is 34.2 Å². The predicted octanol–water partition coefficient (Wildman–Crippen LogP) is 4.05. The predicted molar refractivity (Wildman–Crippen MR) is 71.3 cm³/mol. The summed E-state index contributed by atoms with van der Waals surface area (Å²) in [6, 6.07) is 6.39. The smallest absolute Gasteiger partial charge is 0.178 e. The topological polar surface area (TPSA) is 20.7 Å². The minimum absolute atomic E-state index is 0.233. The number of aromatic nitrogens is 2. The fraction of sp³-hybridized carbons (Fsp3) is 0.462. The van der Waals surface area contributed by atoms with Gasteiger partial charge in [0, 0.05) is 6.54 Å². The van der Waals surface area contributed by atoms with Crippen molar-refractivity contribution in [1.82, 2.24) is 9.55 Å². The van der Waals surface area contributed by atoms with E-state index in [1.54, 1.807) is 0 Å². The van der Waals surface area contributed by atoms with Crippen LogP contribution < -0.4 is 0 Å². The molecule has 0 aliphatic rings. The molecule has 0 fully saturated rings. The van der Waals surface area contributed by atoms with Crippen LogP contribution in [0.1, 0.15) is 26.3 Å². The molecule has 1 heterocycles. The number of imidazole rings is 1. The Morgan fingerprint density at radius 3 is 2.62 bits per heavy atom. The molecule has 0 amide bonds. The van der Waals surface area contributed by atoms with Crippen molar-refractivity contribution in [2.24, 2.45) is 5.41 Å². The first kappa shape index (κ1) is 11.4. The Labute approximate surface area is 101 Å². The van der Waals surface area contributed by atoms with Gasteiger partial charge in [-0.05, 0) is 42.3 Å². The average Bonchev–Trinajstić information content (AvgIpc) is 2.42. The van der Waals surface area contributed by atoms with E-state index in [0.29, 0.717) is 0 Å². The number of benzene rings is 1. The Bertz CT molecular complexity index is 570. The Kier molecular flexibility index (Phi) is 2.66. The molecule has 0 bridgehead atoms. The summed E-state index contributed by atoms with van der Waals surface area (Å²) in [5, 5.41) is 0. The minimum Gasteiger partial charge on any atom is -0.331 e. The molecular weight excluding hydrogens is 216 g/mol. The van der Waals surface area contributed by atoms with Crippen molar-refractivity contribution < 1.29 is 0 Å². The molecule has 0 aliphatic heterocycles. The molecule has 2 aromatic rings. The standard InChI is InChI=1S/C13H18N2S/c1-9-5-6-10-11(7-9)15(12(16)14-10)8-13(2,3)4/h5-7H,8H2,1-4H3,(H,14,16). The van der Waals surface area contributed by atoms with Crippen molar-refractivity contribution in [1.29, 1.82) is 0 Å². The number of fused-ring (bicyclic) bond motifs is 1. The van der Waals surface area contributed by atoms with E-state index in [1.165, 1.54) is 11.1 Å². The molecular formula is C13H18N2S. The van der Waals surface area contributed by atoms with Crippen LogP contribution >= 0.6 is 12.2 Å². The molecule has 0 unspecified atom stereocenters. The van der Waals surface area contributed by atoms with Gasteiger partial charge in [0.1, 0.15) is 0 Å². The molecule has 16 heavy (non-hydrogen) atoms. The number of hydrogen-bond donors (Lipinski definition) is 1. The quantitative estimate of drug-likeness (QED) is 0.738. The van der Waals surface area contributed by atoms with Crippen LogP contribution in [-0.2, 0) is 6.54 Å². The lowest BCUT2D eigenvalue weighted by Crippen LogP contribution is -2.15. The van der Waals surface area contributed by atoms with Gasteiger partial charge in [0.15, 0.2) is 4.77 Å². The molecule has 0 spiro atoms. The number of hydrogen-bond acceptors (Lipinski definition) is 1. The second-order valence-corrected chi connectivity index (χ2v) is 5.98. The van der Waals surface area contributed by atoms with Crippen LogP contribution in [0.25, 0.3) is 11.0 Å². The average molecular weight is 234 g/mol. The Hall–Kier alpha value is -1.09. The van der Waals surface area contributed by atoms with E-state index in [-0.39, 0.29) is 5.41 Å². The second kappa shape index (κ2) is 3.74. The van der Waals surface area contributed by atoms with E-state index in [4.69, 9.17) is 12.2 Å². The maximum absolute atomic E-state index is 5.37. The number of aryl methyl sites for hydroxylation is 1. The molecule has 86 valence electrons. The molecule has 1 aromatic heterocycles. The molecule has 2 rings (SSSR count). The summed E-state index contributed by atoms with van der Waals surface area (Å²) in [6.45, 7) is 9.72. The Morgan fingerprint density at radius 1 is 1.31 bits per heavy atom. The summed E-state index contributed by atoms with van der Waals surface area (Å²) in [6.07, 6.45) is 0. The van der Waals surface area contributed by atoms with Crippen molar-refractivity contribution in [3.8, 4) is 0 Å². The van der Waals surface area contributed by atoms with E-state index in [0.717, 1.165) is 16.8 Å². The number of nitrogens with one attached hydrogen (secondary N) is 1. The van der Waals surface area contributed by atoms with Gasteiger partial charge in [0.05, 0.1) is 11.0 Å². The summed E-state index contributed by atoms with van der Waals surface area (Å²) >= 11 is 5.37. The molecule has 1 aromatic carbocycles. The van der Waals surface area contributed by atoms with Crippen LogP contribution in [0.4, 0.5) is 0 Å². The summed E-state index contributed by atoms with van der Waals surface area (Å²) in [5.41, 5.74) is 3.83. The van der Waals surface area contributed by atoms with Crippen LogP contribution in [0.3, 0.4) is 0 Å². The maximum Gasteiger partial charge on any atom is 0.178 e. The molecule has 0 atom stereocenters. The molecule has 0 radical (unpaired) electrons. The van der Waals surface area contributed by atoms with Crippen LogP contribution in [0.15, 0.2) is 18.2 Å². The SMILES string of the molecule is Cc1ccc2[nH]c(=S)n(CC(C)(C)C)c2c1. The largest absolute Gasteiger partial charge is 0.331 e. The van der Waals surface area contributed by atoms with E-state index in [1.807, 2.05) is 0 Å². The van der Waals surface area contributed by atoms with Gasteiger partial charge in [-0.3, -0.25) is 0 Å². The lowest BCUT2D eigenvalue weighted by Gasteiger charge is -2.19. The van der Waals surface area contributed by atoms with Gasteiger partial charge in [-0.15, -0.1) is 0 Å². The summed E-state index contributed by atoms with van der Waals surface area (Å²) in [4.78, 5) is 3.25. The van der Waals surface area contributed by atoms with Crippen LogP contribution in [-0.4, -0.2) is 9.55 Å². The van der Waals surface area contributed by atoms with E-state index < -0.39 is 0 Å². The zero-order valence-electron chi connectivity index (χ0n) is 10.3. The van der Waals surface area contributed by atoms with Crippen molar-refractivity contribution in [3.63, 3.8) is 0 Å². The third-order valence-electron chi connectivity index (χ3n) is 2.56. The highest BCUT2D eigenvalue weighted by Gasteiger charge is 2.14. The van der Waals surface area contributed by atoms with E-state index in [2.05, 4.69) is 55.4 Å². The Morgan fingerprint density at radius 2 is 2.00 bits per heavy atom. The Balaban J connectivity index is 2.63. The lowest BCUT2D eigenvalue weighted by molar-refractivity contribution is 0.346. The molecule has 2 nitrogen and oxygen atoms in total. The van der Waals surface area contributed by atoms with Gasteiger partial charge >= 0.3 is 0 Å². The number of aromatic amines is 1. The third kappa shape index (κ3) is 2.19. The molecule has 0 saturated carbocycles. The third-order valence-corrected chi connectivity index (χ3v) is 2.89. The zero-order chi connectivity index (χ0) is 11.9. The molecule has 0 saturated heterocycles. The van der Waals surface area contributed by atoms with Crippen molar-refractivity contribution in [2.75, 3.05) is 0 Å². The van der Waals surface area contributed by atoms with E-state index >= 15 is 0 Å². The van der Waals surface area contributed by atoms with Crippen LogP contribution in [0, 0.1) is 17.1 Å². The summed E-state index contributed by atoms with van der Waals surface area (Å²) in [5.74, 6) is 0. The van der Waals surface area contributed by atoms with Crippen LogP contribution in [0.5, 0.6) is 0 Å². The number of H-pyrrole nitrogens is 1. The summed E-state index contributed by atoms with van der Waals surface area (Å²) < 4.78 is 3.01. The van der Waals surface area contributed by atoms with Gasteiger partial charge in [0.2, 0.25) is 0 Å². The van der Waals surface area contributed by atoms with Gasteiger partial charge in [-0.25, -0.2) is 0 Å². The first-order chi connectivity index (χ1) is 7.37. The highest BCUT2D eigenvalue weighted by Crippen LogP contribution is 2.22. The monoisotopic (exact) mass is 234 g/mol. The van der Waals surface area contributed by atoms with Crippen molar-refractivity contribution >= 4 is 23.3 Å². The highest BCUT2D eigenvalue weighted by atomic mass is 32.1. The molecule has 3 heteroatoms. The van der Waals surface area contributed by atoms with Gasteiger partial charge < -0.3 is 9.55 Å². The van der Waals surface area contributed by atoms with Crippen molar-refractivity contribution in [3.05, 3.63) is 28.5 Å². The highest BCUT2D eigenvalue weighted by molar-refractivity contribution is 7.71. The van der Waals surface area contributed by atoms with Gasteiger partial charge in [0.25, 0.3) is 0 Å². The first-order valence-electron chi connectivity index (χ1n) is 5.56. The van der Waals surface area contributed by atoms with Gasteiger partial charge in [-0.2, -0.15) is 0 Å². The number of rotatable bonds is 1. The van der Waals surface area contributed by atoms with Gasteiger partial charge in [-0.1, -0.05) is 26.8 Å².